The van der Waals surface area contributed by atoms with Gasteiger partial charge in [0.25, 0.3) is 5.56 Å². The van der Waals surface area contributed by atoms with Crippen LogP contribution in [0.25, 0.3) is 11.2 Å². The number of halogens is 2. The average Bonchev–Trinajstić information content (AvgIpc) is 3.17. The van der Waals surface area contributed by atoms with Crippen molar-refractivity contribution in [3.05, 3.63) is 49.1 Å². The summed E-state index contributed by atoms with van der Waals surface area (Å²) < 4.78 is 8.56. The number of piperazine rings is 1. The van der Waals surface area contributed by atoms with Crippen molar-refractivity contribution in [3.8, 4) is 5.75 Å². The lowest BCUT2D eigenvalue weighted by Gasteiger charge is -2.33. The lowest BCUT2D eigenvalue weighted by Crippen LogP contribution is -3.15. The largest absolute Gasteiger partial charge is 0.489 e. The zero-order valence-corrected chi connectivity index (χ0v) is 20.1. The van der Waals surface area contributed by atoms with Gasteiger partial charge in [0.2, 0.25) is 5.95 Å². The standard InChI is InChI=1S/C21H26Cl2N6O5/c1-26-18-17(19(32)25-21(26)33)29(20(24-18)28-6-4-27(5-7-28)8-9-30)11-14(31)12-34-16-3-2-13(22)10-15(16)23/h2-3,10,14,30-31H,4-9,11-12H2,1H3,(H,25,32,33)/p+1/t14-/m0/s1. The van der Waals surface area contributed by atoms with Gasteiger partial charge in [0, 0.05) is 12.1 Å². The third-order valence-electron chi connectivity index (χ3n) is 5.92. The number of nitrogens with zero attached hydrogens (tertiary/aromatic N) is 4. The number of ether oxygens (including phenoxy) is 1. The van der Waals surface area contributed by atoms with Crippen LogP contribution in [0.3, 0.4) is 0 Å². The van der Waals surface area contributed by atoms with Crippen LogP contribution in [0.15, 0.2) is 27.8 Å². The molecule has 0 unspecified atom stereocenters. The highest BCUT2D eigenvalue weighted by Gasteiger charge is 2.27. The van der Waals surface area contributed by atoms with Crippen LogP contribution in [0.1, 0.15) is 0 Å². The highest BCUT2D eigenvalue weighted by Crippen LogP contribution is 2.28. The Labute approximate surface area is 204 Å². The maximum atomic E-state index is 12.7. The number of hydrogen-bond acceptors (Lipinski definition) is 7. The number of anilines is 1. The molecule has 1 saturated heterocycles. The minimum atomic E-state index is -0.999. The monoisotopic (exact) mass is 513 g/mol. The number of rotatable bonds is 8. The van der Waals surface area contributed by atoms with E-state index >= 15 is 0 Å². The molecule has 4 N–H and O–H groups in total. The molecule has 0 amide bonds. The lowest BCUT2D eigenvalue weighted by molar-refractivity contribution is -0.900. The van der Waals surface area contributed by atoms with Crippen molar-refractivity contribution in [1.29, 1.82) is 0 Å². The predicted molar refractivity (Wildman–Crippen MR) is 128 cm³/mol. The van der Waals surface area contributed by atoms with E-state index < -0.39 is 17.4 Å². The van der Waals surface area contributed by atoms with E-state index in [1.54, 1.807) is 22.8 Å². The number of fused-ring (bicyclic) bond motifs is 1. The van der Waals surface area contributed by atoms with Crippen LogP contribution in [0.2, 0.25) is 10.0 Å². The SMILES string of the molecule is Cn1c(=O)[nH]c(=O)c2c1nc(N1CC[NH+](CCO)CC1)n2C[C@H](O)COc1ccc(Cl)cc1Cl. The Bertz CT molecular complexity index is 1280. The second-order valence-corrected chi connectivity index (χ2v) is 9.11. The first kappa shape index (κ1) is 24.6. The normalized spacial score (nSPS) is 15.7. The number of aromatic nitrogens is 4. The number of aliphatic hydroxyl groups is 2. The maximum Gasteiger partial charge on any atom is 0.329 e. The molecule has 1 fully saturated rings. The van der Waals surface area contributed by atoms with E-state index in [-0.39, 0.29) is 30.9 Å². The summed E-state index contributed by atoms with van der Waals surface area (Å²) in [6.45, 7) is 3.60. The average molecular weight is 514 g/mol. The quantitative estimate of drug-likeness (QED) is 0.299. The summed E-state index contributed by atoms with van der Waals surface area (Å²) in [6.07, 6.45) is -0.999. The topological polar surface area (TPSA) is 130 Å². The summed E-state index contributed by atoms with van der Waals surface area (Å²) in [4.78, 5) is 35.1. The van der Waals surface area contributed by atoms with Gasteiger partial charge in [-0.1, -0.05) is 23.2 Å². The van der Waals surface area contributed by atoms with E-state index in [1.165, 1.54) is 16.5 Å². The van der Waals surface area contributed by atoms with Gasteiger partial charge in [0.15, 0.2) is 11.2 Å². The molecule has 13 heteroatoms. The molecule has 1 aliphatic heterocycles. The Morgan fingerprint density at radius 3 is 2.68 bits per heavy atom. The Kier molecular flexibility index (Phi) is 7.48. The fourth-order valence-corrected chi connectivity index (χ4v) is 4.57. The van der Waals surface area contributed by atoms with E-state index in [1.807, 2.05) is 4.90 Å². The number of aromatic amines is 1. The Hall–Kier alpha value is -2.57. The van der Waals surface area contributed by atoms with Crippen molar-refractivity contribution in [3.63, 3.8) is 0 Å². The van der Waals surface area contributed by atoms with Crippen molar-refractivity contribution in [2.45, 2.75) is 12.6 Å². The van der Waals surface area contributed by atoms with Crippen molar-refractivity contribution >= 4 is 40.3 Å². The Balaban J connectivity index is 1.62. The number of H-pyrrole nitrogens is 1. The minimum Gasteiger partial charge on any atom is -0.489 e. The van der Waals surface area contributed by atoms with Crippen LogP contribution in [0.4, 0.5) is 5.95 Å². The number of nitrogens with one attached hydrogen (secondary N) is 2. The molecular weight excluding hydrogens is 487 g/mol. The van der Waals surface area contributed by atoms with Crippen molar-refractivity contribution in [2.24, 2.45) is 7.05 Å². The first-order chi connectivity index (χ1) is 16.3. The summed E-state index contributed by atoms with van der Waals surface area (Å²) in [5.74, 6) is 0.873. The van der Waals surface area contributed by atoms with Gasteiger partial charge in [0.1, 0.15) is 25.0 Å². The Morgan fingerprint density at radius 1 is 1.26 bits per heavy atom. The molecule has 0 saturated carbocycles. The second kappa shape index (κ2) is 10.4. The first-order valence-corrected chi connectivity index (χ1v) is 11.7. The molecule has 3 heterocycles. The number of quaternary nitrogens is 1. The van der Waals surface area contributed by atoms with Gasteiger partial charge >= 0.3 is 5.69 Å². The molecule has 3 aromatic rings. The molecular formula is C21H27Cl2N6O5+. The van der Waals surface area contributed by atoms with Gasteiger partial charge in [-0.25, -0.2) is 4.79 Å². The summed E-state index contributed by atoms with van der Waals surface area (Å²) in [6, 6.07) is 4.80. The molecule has 0 aliphatic carbocycles. The second-order valence-electron chi connectivity index (χ2n) is 8.26. The summed E-state index contributed by atoms with van der Waals surface area (Å²) in [5, 5.41) is 20.8. The van der Waals surface area contributed by atoms with Gasteiger partial charge in [-0.05, 0) is 18.2 Å². The maximum absolute atomic E-state index is 12.7. The molecule has 184 valence electrons. The van der Waals surface area contributed by atoms with Crippen LogP contribution < -0.4 is 25.8 Å². The first-order valence-electron chi connectivity index (χ1n) is 10.9. The number of aryl methyl sites for hydroxylation is 1. The van der Waals surface area contributed by atoms with Crippen molar-refractivity contribution in [2.75, 3.05) is 50.8 Å². The highest BCUT2D eigenvalue weighted by molar-refractivity contribution is 6.35. The fraction of sp³-hybridized carbons (Fsp3) is 0.476. The summed E-state index contributed by atoms with van der Waals surface area (Å²) in [5.41, 5.74) is -0.698. The predicted octanol–water partition coefficient (Wildman–Crippen LogP) is -1.13. The zero-order chi connectivity index (χ0) is 24.4. The molecule has 1 aromatic carbocycles. The van der Waals surface area contributed by atoms with Crippen LogP contribution >= 0.6 is 23.2 Å². The van der Waals surface area contributed by atoms with Gasteiger partial charge in [-0.2, -0.15) is 4.98 Å². The van der Waals surface area contributed by atoms with Gasteiger partial charge < -0.3 is 29.3 Å². The van der Waals surface area contributed by atoms with Gasteiger partial charge in [0.05, 0.1) is 44.4 Å². The molecule has 0 radical (unpaired) electrons. The minimum absolute atomic E-state index is 0.0159. The van der Waals surface area contributed by atoms with E-state index in [2.05, 4.69) is 9.97 Å². The van der Waals surface area contributed by atoms with Crippen LogP contribution in [-0.4, -0.2) is 81.4 Å². The molecule has 0 spiro atoms. The van der Waals surface area contributed by atoms with E-state index in [0.717, 1.165) is 13.1 Å². The fourth-order valence-electron chi connectivity index (χ4n) is 4.11. The van der Waals surface area contributed by atoms with Crippen molar-refractivity contribution < 1.29 is 19.8 Å². The van der Waals surface area contributed by atoms with Crippen LogP contribution in [0, 0.1) is 0 Å². The Morgan fingerprint density at radius 2 is 2.00 bits per heavy atom. The smallest absolute Gasteiger partial charge is 0.329 e. The van der Waals surface area contributed by atoms with E-state index in [0.29, 0.717) is 41.4 Å². The highest BCUT2D eigenvalue weighted by atomic mass is 35.5. The molecule has 4 rings (SSSR count). The van der Waals surface area contributed by atoms with Crippen LogP contribution in [-0.2, 0) is 13.6 Å². The number of imidazole rings is 1. The number of hydrogen-bond donors (Lipinski definition) is 4. The van der Waals surface area contributed by atoms with Gasteiger partial charge in [-0.3, -0.25) is 14.3 Å². The van der Waals surface area contributed by atoms with Crippen molar-refractivity contribution in [1.82, 2.24) is 19.1 Å². The molecule has 11 nitrogen and oxygen atoms in total. The zero-order valence-electron chi connectivity index (χ0n) is 18.6. The molecule has 2 aromatic heterocycles. The third-order valence-corrected chi connectivity index (χ3v) is 6.45. The molecule has 34 heavy (non-hydrogen) atoms. The lowest BCUT2D eigenvalue weighted by atomic mass is 10.3. The molecule has 1 aliphatic rings. The van der Waals surface area contributed by atoms with Crippen LogP contribution in [0.5, 0.6) is 5.75 Å². The number of benzene rings is 1. The van der Waals surface area contributed by atoms with Gasteiger partial charge in [-0.15, -0.1) is 0 Å². The summed E-state index contributed by atoms with van der Waals surface area (Å²) in [7, 11) is 1.53. The molecule has 1 atom stereocenters. The number of aliphatic hydroxyl groups excluding tert-OH is 2. The third kappa shape index (κ3) is 5.08. The summed E-state index contributed by atoms with van der Waals surface area (Å²) >= 11 is 12.1. The van der Waals surface area contributed by atoms with E-state index in [4.69, 9.17) is 27.9 Å². The molecule has 0 bridgehead atoms. The van der Waals surface area contributed by atoms with E-state index in [9.17, 15) is 19.8 Å².